The lowest BCUT2D eigenvalue weighted by atomic mass is 10.0. The van der Waals surface area contributed by atoms with Gasteiger partial charge in [0.2, 0.25) is 5.78 Å². The molecule has 1 heterocycles. The van der Waals surface area contributed by atoms with Gasteiger partial charge in [-0.3, -0.25) is 9.59 Å². The van der Waals surface area contributed by atoms with Crippen molar-refractivity contribution >= 4 is 17.7 Å². The van der Waals surface area contributed by atoms with Crippen LogP contribution < -0.4 is 10.1 Å². The number of hydrogen-bond acceptors (Lipinski definition) is 5. The molecule has 0 radical (unpaired) electrons. The minimum absolute atomic E-state index is 0.209. The highest BCUT2D eigenvalue weighted by Crippen LogP contribution is 2.14. The normalized spacial score (nSPS) is 11.8. The molecule has 7 nitrogen and oxygen atoms in total. The van der Waals surface area contributed by atoms with E-state index in [0.29, 0.717) is 11.3 Å². The van der Waals surface area contributed by atoms with Crippen LogP contribution in [0.15, 0.2) is 36.4 Å². The van der Waals surface area contributed by atoms with Crippen LogP contribution in [0, 0.1) is 19.8 Å². The standard InChI is InChI=1S/C22H28N2O5/c1-14(2)21(23-20(26)13-28-17-9-7-6-8-10-17)22(27)29-12-19(25)18-11-15(3)24(5)16(18)4/h6-11,14,21H,12-13H2,1-5H3,(H,23,26)/t21-/m0/s1. The monoisotopic (exact) mass is 400 g/mol. The second-order valence-corrected chi connectivity index (χ2v) is 7.27. The summed E-state index contributed by atoms with van der Waals surface area (Å²) in [5.74, 6) is -1.01. The zero-order valence-corrected chi connectivity index (χ0v) is 17.5. The van der Waals surface area contributed by atoms with Crippen molar-refractivity contribution in [3.05, 3.63) is 53.3 Å². The maximum Gasteiger partial charge on any atom is 0.329 e. The third-order valence-corrected chi connectivity index (χ3v) is 4.77. The van der Waals surface area contributed by atoms with Gasteiger partial charge in [-0.25, -0.2) is 4.79 Å². The van der Waals surface area contributed by atoms with Crippen molar-refractivity contribution in [3.8, 4) is 5.75 Å². The number of hydrogen-bond donors (Lipinski definition) is 1. The van der Waals surface area contributed by atoms with E-state index >= 15 is 0 Å². The largest absolute Gasteiger partial charge is 0.484 e. The summed E-state index contributed by atoms with van der Waals surface area (Å²) < 4.78 is 12.5. The fraction of sp³-hybridized carbons (Fsp3) is 0.409. The topological polar surface area (TPSA) is 86.6 Å². The molecule has 0 aliphatic carbocycles. The number of amides is 1. The van der Waals surface area contributed by atoms with Gasteiger partial charge in [0.15, 0.2) is 13.2 Å². The Morgan fingerprint density at radius 1 is 1.07 bits per heavy atom. The van der Waals surface area contributed by atoms with Crippen molar-refractivity contribution in [1.29, 1.82) is 0 Å². The van der Waals surface area contributed by atoms with Crippen molar-refractivity contribution < 1.29 is 23.9 Å². The first-order chi connectivity index (χ1) is 13.7. The van der Waals surface area contributed by atoms with E-state index in [0.717, 1.165) is 11.4 Å². The third-order valence-electron chi connectivity index (χ3n) is 4.77. The predicted molar refractivity (Wildman–Crippen MR) is 109 cm³/mol. The third kappa shape index (κ3) is 5.94. The van der Waals surface area contributed by atoms with Gasteiger partial charge in [-0.1, -0.05) is 32.0 Å². The molecule has 0 saturated carbocycles. The van der Waals surface area contributed by atoms with Crippen LogP contribution in [0.1, 0.15) is 35.6 Å². The van der Waals surface area contributed by atoms with Gasteiger partial charge in [0.1, 0.15) is 11.8 Å². The SMILES string of the molecule is Cc1cc(C(=O)COC(=O)[C@@H](NC(=O)COc2ccccc2)C(C)C)c(C)n1C. The number of carbonyl (C=O) groups is 3. The number of Topliss-reactive ketones (excluding diaryl/α,β-unsaturated/α-hetero) is 1. The number of aromatic nitrogens is 1. The van der Waals surface area contributed by atoms with E-state index < -0.39 is 17.9 Å². The molecule has 0 aliphatic rings. The molecule has 0 bridgehead atoms. The zero-order chi connectivity index (χ0) is 21.6. The van der Waals surface area contributed by atoms with Gasteiger partial charge >= 0.3 is 5.97 Å². The van der Waals surface area contributed by atoms with Crippen molar-refractivity contribution in [2.24, 2.45) is 13.0 Å². The summed E-state index contributed by atoms with van der Waals surface area (Å²) >= 11 is 0. The molecule has 7 heteroatoms. The van der Waals surface area contributed by atoms with Gasteiger partial charge in [0.25, 0.3) is 5.91 Å². The lowest BCUT2D eigenvalue weighted by molar-refractivity contribution is -0.148. The van der Waals surface area contributed by atoms with Gasteiger partial charge in [0.05, 0.1) is 0 Å². The highest BCUT2D eigenvalue weighted by molar-refractivity contribution is 5.99. The number of ketones is 1. The van der Waals surface area contributed by atoms with E-state index in [2.05, 4.69) is 5.32 Å². The van der Waals surface area contributed by atoms with Crippen molar-refractivity contribution in [1.82, 2.24) is 9.88 Å². The van der Waals surface area contributed by atoms with Crippen LogP contribution in [0.5, 0.6) is 5.75 Å². The van der Waals surface area contributed by atoms with E-state index in [1.165, 1.54) is 0 Å². The Morgan fingerprint density at radius 3 is 2.28 bits per heavy atom. The van der Waals surface area contributed by atoms with Gasteiger partial charge in [-0.15, -0.1) is 0 Å². The number of benzene rings is 1. The van der Waals surface area contributed by atoms with E-state index in [4.69, 9.17) is 9.47 Å². The molecule has 1 amide bonds. The Hall–Kier alpha value is -3.09. The number of para-hydroxylation sites is 1. The summed E-state index contributed by atoms with van der Waals surface area (Å²) in [6.45, 7) is 6.72. The number of rotatable bonds is 9. The van der Waals surface area contributed by atoms with Crippen LogP contribution in [0.25, 0.3) is 0 Å². The molecule has 29 heavy (non-hydrogen) atoms. The Kier molecular flexibility index (Phi) is 7.59. The highest BCUT2D eigenvalue weighted by Gasteiger charge is 2.27. The molecule has 2 rings (SSSR count). The average Bonchev–Trinajstić information content (AvgIpc) is 2.96. The van der Waals surface area contributed by atoms with Crippen LogP contribution in [-0.4, -0.2) is 41.5 Å². The van der Waals surface area contributed by atoms with E-state index in [1.807, 2.05) is 31.5 Å². The van der Waals surface area contributed by atoms with E-state index in [9.17, 15) is 14.4 Å². The number of nitrogens with zero attached hydrogens (tertiary/aromatic N) is 1. The lowest BCUT2D eigenvalue weighted by Crippen LogP contribution is -2.47. The van der Waals surface area contributed by atoms with Crippen LogP contribution >= 0.6 is 0 Å². The Labute approximate surface area is 171 Å². The molecule has 1 N–H and O–H groups in total. The minimum Gasteiger partial charge on any atom is -0.484 e. The minimum atomic E-state index is -0.867. The summed E-state index contributed by atoms with van der Waals surface area (Å²) in [6, 6.07) is 9.82. The maximum absolute atomic E-state index is 12.5. The summed E-state index contributed by atoms with van der Waals surface area (Å²) in [4.78, 5) is 37.0. The van der Waals surface area contributed by atoms with Crippen molar-refractivity contribution in [3.63, 3.8) is 0 Å². The molecule has 156 valence electrons. The Balaban J connectivity index is 1.90. The van der Waals surface area contributed by atoms with Crippen LogP contribution in [0.3, 0.4) is 0 Å². The first-order valence-corrected chi connectivity index (χ1v) is 9.50. The molecule has 0 spiro atoms. The second kappa shape index (κ2) is 9.91. The molecule has 1 aromatic carbocycles. The number of carbonyl (C=O) groups excluding carboxylic acids is 3. The first kappa shape index (κ1) is 22.2. The van der Waals surface area contributed by atoms with Gasteiger partial charge in [-0.2, -0.15) is 0 Å². The highest BCUT2D eigenvalue weighted by atomic mass is 16.5. The smallest absolute Gasteiger partial charge is 0.329 e. The van der Waals surface area contributed by atoms with Gasteiger partial charge in [-0.05, 0) is 38.0 Å². The van der Waals surface area contributed by atoms with Crippen LogP contribution in [0.2, 0.25) is 0 Å². The molecular formula is C22H28N2O5. The number of aryl methyl sites for hydroxylation is 1. The molecule has 1 atom stereocenters. The van der Waals surface area contributed by atoms with Gasteiger partial charge in [0, 0.05) is 24.0 Å². The van der Waals surface area contributed by atoms with Crippen LogP contribution in [-0.2, 0) is 21.4 Å². The van der Waals surface area contributed by atoms with Crippen LogP contribution in [0.4, 0.5) is 0 Å². The molecule has 1 aromatic heterocycles. The first-order valence-electron chi connectivity index (χ1n) is 9.50. The van der Waals surface area contributed by atoms with E-state index in [-0.39, 0.29) is 24.9 Å². The number of nitrogens with one attached hydrogen (secondary N) is 1. The lowest BCUT2D eigenvalue weighted by Gasteiger charge is -2.20. The fourth-order valence-corrected chi connectivity index (χ4v) is 2.82. The quantitative estimate of drug-likeness (QED) is 0.516. The molecule has 0 aliphatic heterocycles. The zero-order valence-electron chi connectivity index (χ0n) is 17.5. The molecular weight excluding hydrogens is 372 g/mol. The van der Waals surface area contributed by atoms with Crippen molar-refractivity contribution in [2.75, 3.05) is 13.2 Å². The molecule has 2 aromatic rings. The summed E-state index contributed by atoms with van der Waals surface area (Å²) in [6.07, 6.45) is 0. The molecule has 0 unspecified atom stereocenters. The summed E-state index contributed by atoms with van der Waals surface area (Å²) in [5.41, 5.74) is 2.29. The number of ether oxygens (including phenoxy) is 2. The number of esters is 1. The summed E-state index contributed by atoms with van der Waals surface area (Å²) in [5, 5.41) is 2.62. The summed E-state index contributed by atoms with van der Waals surface area (Å²) in [7, 11) is 1.87. The molecule has 0 saturated heterocycles. The predicted octanol–water partition coefficient (Wildman–Crippen LogP) is 2.59. The van der Waals surface area contributed by atoms with Crippen molar-refractivity contribution in [2.45, 2.75) is 33.7 Å². The maximum atomic E-state index is 12.5. The van der Waals surface area contributed by atoms with E-state index in [1.54, 1.807) is 44.2 Å². The Bertz CT molecular complexity index is 871. The molecule has 0 fully saturated rings. The average molecular weight is 400 g/mol. The Morgan fingerprint density at radius 2 is 1.72 bits per heavy atom. The second-order valence-electron chi connectivity index (χ2n) is 7.27. The van der Waals surface area contributed by atoms with Gasteiger partial charge < -0.3 is 19.4 Å². The fourth-order valence-electron chi connectivity index (χ4n) is 2.82.